The standard InChI is InChI=1S/C51H105N5O7/c1-2-3-4-5-6-7-8-9-10-11-13-16-19-22-25-30-41-56(47(58)44-55-40-34-39-54-37-29-28-36-53-38-33-35-52)42-31-26-23-20-17-14-12-15-18-21-24-27-32-43-62-51-50(61)49(60)48(59)46(45-57)63-51/h46,48-51,53-55,57,59-61H,2-45,52H2,1H3/t46-,48-,49+,50+,51+/m1/s1. The largest absolute Gasteiger partial charge is 0.394 e. The summed E-state index contributed by atoms with van der Waals surface area (Å²) in [6.45, 7) is 10.2. The van der Waals surface area contributed by atoms with Gasteiger partial charge in [0, 0.05) is 19.7 Å². The first kappa shape index (κ1) is 60.1. The van der Waals surface area contributed by atoms with Crippen molar-refractivity contribution in [1.82, 2.24) is 20.9 Å². The molecule has 1 aliphatic heterocycles. The molecule has 1 rings (SSSR count). The molecule has 1 aliphatic rings. The van der Waals surface area contributed by atoms with Gasteiger partial charge in [0.25, 0.3) is 0 Å². The van der Waals surface area contributed by atoms with Crippen LogP contribution in [0.5, 0.6) is 0 Å². The minimum Gasteiger partial charge on any atom is -0.394 e. The number of nitrogens with two attached hydrogens (primary N) is 1. The molecule has 0 aromatic heterocycles. The van der Waals surface area contributed by atoms with E-state index in [-0.39, 0.29) is 5.91 Å². The summed E-state index contributed by atoms with van der Waals surface area (Å²) in [6, 6.07) is 0. The fourth-order valence-electron chi connectivity index (χ4n) is 8.59. The maximum Gasteiger partial charge on any atom is 0.236 e. The summed E-state index contributed by atoms with van der Waals surface area (Å²) in [5.74, 6) is 0.271. The van der Waals surface area contributed by atoms with Gasteiger partial charge in [-0.2, -0.15) is 0 Å². The maximum atomic E-state index is 13.3. The van der Waals surface area contributed by atoms with Crippen LogP contribution in [0.25, 0.3) is 0 Å². The van der Waals surface area contributed by atoms with Crippen molar-refractivity contribution >= 4 is 5.91 Å². The Kier molecular flexibility index (Phi) is 44.1. The molecule has 12 heteroatoms. The summed E-state index contributed by atoms with van der Waals surface area (Å²) < 4.78 is 11.0. The van der Waals surface area contributed by atoms with Crippen LogP contribution in [0, 0.1) is 0 Å². The van der Waals surface area contributed by atoms with Crippen molar-refractivity contribution in [2.45, 2.75) is 250 Å². The smallest absolute Gasteiger partial charge is 0.236 e. The SMILES string of the molecule is CCCCCCCCCCCCCCCCCCN(CCCCCCCCCCCCCCCO[C@H]1O[C@H](CO)[C@@H](O)[C@H](O)[C@@H]1O)C(=O)CNCCCNCCCCNCCCN. The van der Waals surface area contributed by atoms with Crippen molar-refractivity contribution in [3.05, 3.63) is 0 Å². The number of unbranched alkanes of at least 4 members (excludes halogenated alkanes) is 28. The van der Waals surface area contributed by atoms with Gasteiger partial charge in [0.05, 0.1) is 13.2 Å². The van der Waals surface area contributed by atoms with Crippen LogP contribution in [0.3, 0.4) is 0 Å². The Bertz CT molecular complexity index is 954. The Morgan fingerprint density at radius 3 is 1.35 bits per heavy atom. The summed E-state index contributed by atoms with van der Waals surface area (Å²) in [5, 5.41) is 49.6. The Balaban J connectivity index is 2.14. The molecule has 376 valence electrons. The van der Waals surface area contributed by atoms with Crippen LogP contribution in [-0.2, 0) is 14.3 Å². The maximum absolute atomic E-state index is 13.3. The predicted molar refractivity (Wildman–Crippen MR) is 262 cm³/mol. The monoisotopic (exact) mass is 900 g/mol. The van der Waals surface area contributed by atoms with E-state index in [1.165, 1.54) is 167 Å². The van der Waals surface area contributed by atoms with E-state index in [9.17, 15) is 25.2 Å². The van der Waals surface area contributed by atoms with Gasteiger partial charge < -0.3 is 56.5 Å². The summed E-state index contributed by atoms with van der Waals surface area (Å²) in [4.78, 5) is 15.5. The summed E-state index contributed by atoms with van der Waals surface area (Å²) in [7, 11) is 0. The molecular formula is C51H105N5O7. The van der Waals surface area contributed by atoms with E-state index < -0.39 is 37.3 Å². The van der Waals surface area contributed by atoms with Gasteiger partial charge in [0.1, 0.15) is 24.4 Å². The quantitative estimate of drug-likeness (QED) is 0.0276. The first-order valence-corrected chi connectivity index (χ1v) is 27.0. The number of nitrogens with one attached hydrogen (secondary N) is 3. The minimum atomic E-state index is -1.39. The number of rotatable bonds is 49. The Hall–Kier alpha value is -0.930. The zero-order valence-corrected chi connectivity index (χ0v) is 41.0. The van der Waals surface area contributed by atoms with Crippen molar-refractivity contribution < 1.29 is 34.7 Å². The molecule has 0 spiro atoms. The number of aliphatic hydroxyl groups is 4. The molecule has 0 saturated carbocycles. The third kappa shape index (κ3) is 35.9. The first-order valence-electron chi connectivity index (χ1n) is 27.0. The van der Waals surface area contributed by atoms with E-state index in [0.717, 1.165) is 97.3 Å². The van der Waals surface area contributed by atoms with Crippen LogP contribution >= 0.6 is 0 Å². The van der Waals surface area contributed by atoms with Gasteiger partial charge in [-0.25, -0.2) is 0 Å². The average molecular weight is 900 g/mol. The second-order valence-electron chi connectivity index (χ2n) is 18.7. The van der Waals surface area contributed by atoms with Gasteiger partial charge in [-0.1, -0.05) is 174 Å². The van der Waals surface area contributed by atoms with Gasteiger partial charge in [-0.15, -0.1) is 0 Å². The summed E-state index contributed by atoms with van der Waals surface area (Å²) in [6.07, 6.45) is 35.7. The number of ether oxygens (including phenoxy) is 2. The molecule has 0 aliphatic carbocycles. The number of carbonyl (C=O) groups excluding carboxylic acids is 1. The van der Waals surface area contributed by atoms with Gasteiger partial charge in [0.2, 0.25) is 5.91 Å². The predicted octanol–water partition coefficient (Wildman–Crippen LogP) is 8.25. The molecule has 0 aromatic carbocycles. The molecule has 1 amide bonds. The lowest BCUT2D eigenvalue weighted by Gasteiger charge is -2.39. The molecular weight excluding hydrogens is 795 g/mol. The number of aliphatic hydroxyl groups excluding tert-OH is 4. The van der Waals surface area contributed by atoms with Crippen molar-refractivity contribution in [3.8, 4) is 0 Å². The van der Waals surface area contributed by atoms with Crippen LogP contribution in [0.1, 0.15) is 219 Å². The van der Waals surface area contributed by atoms with Crippen LogP contribution in [0.4, 0.5) is 0 Å². The third-order valence-corrected chi connectivity index (χ3v) is 12.8. The summed E-state index contributed by atoms with van der Waals surface area (Å²) >= 11 is 0. The minimum absolute atomic E-state index is 0.271. The first-order chi connectivity index (χ1) is 31.0. The average Bonchev–Trinajstić information content (AvgIpc) is 3.29. The highest BCUT2D eigenvalue weighted by Gasteiger charge is 2.43. The molecule has 0 unspecified atom stereocenters. The molecule has 1 saturated heterocycles. The molecule has 0 radical (unpaired) electrons. The molecule has 1 fully saturated rings. The van der Waals surface area contributed by atoms with Gasteiger partial charge in [-0.05, 0) is 84.2 Å². The third-order valence-electron chi connectivity index (χ3n) is 12.8. The normalized spacial score (nSPS) is 19.0. The van der Waals surface area contributed by atoms with E-state index in [4.69, 9.17) is 15.2 Å². The fraction of sp³-hybridized carbons (Fsp3) is 0.980. The van der Waals surface area contributed by atoms with E-state index in [2.05, 4.69) is 27.8 Å². The Labute approximate surface area is 387 Å². The highest BCUT2D eigenvalue weighted by atomic mass is 16.7. The van der Waals surface area contributed by atoms with Crippen molar-refractivity contribution in [2.24, 2.45) is 5.73 Å². The van der Waals surface area contributed by atoms with E-state index in [1.54, 1.807) is 0 Å². The Morgan fingerprint density at radius 1 is 0.508 bits per heavy atom. The number of nitrogens with zero attached hydrogens (tertiary/aromatic N) is 1. The van der Waals surface area contributed by atoms with Gasteiger partial charge in [0.15, 0.2) is 6.29 Å². The van der Waals surface area contributed by atoms with Crippen LogP contribution in [0.2, 0.25) is 0 Å². The van der Waals surface area contributed by atoms with Gasteiger partial charge in [-0.3, -0.25) is 4.79 Å². The van der Waals surface area contributed by atoms with Gasteiger partial charge >= 0.3 is 0 Å². The molecule has 12 nitrogen and oxygen atoms in total. The lowest BCUT2D eigenvalue weighted by atomic mass is 9.99. The van der Waals surface area contributed by atoms with Crippen molar-refractivity contribution in [3.63, 3.8) is 0 Å². The van der Waals surface area contributed by atoms with Crippen LogP contribution < -0.4 is 21.7 Å². The molecule has 0 aromatic rings. The number of hydrogen-bond donors (Lipinski definition) is 8. The number of amides is 1. The lowest BCUT2D eigenvalue weighted by Crippen LogP contribution is -2.59. The number of hydrogen-bond acceptors (Lipinski definition) is 11. The fourth-order valence-corrected chi connectivity index (χ4v) is 8.59. The van der Waals surface area contributed by atoms with Crippen LogP contribution in [0.15, 0.2) is 0 Å². The zero-order chi connectivity index (χ0) is 45.7. The Morgan fingerprint density at radius 2 is 0.905 bits per heavy atom. The molecule has 0 bridgehead atoms. The van der Waals surface area contributed by atoms with E-state index >= 15 is 0 Å². The van der Waals surface area contributed by atoms with E-state index in [0.29, 0.717) is 13.2 Å². The zero-order valence-electron chi connectivity index (χ0n) is 41.0. The van der Waals surface area contributed by atoms with E-state index in [1.807, 2.05) is 0 Å². The second kappa shape index (κ2) is 46.2. The van der Waals surface area contributed by atoms with Crippen molar-refractivity contribution in [1.29, 1.82) is 0 Å². The summed E-state index contributed by atoms with van der Waals surface area (Å²) in [5.41, 5.74) is 5.55. The molecule has 63 heavy (non-hydrogen) atoms. The molecule has 9 N–H and O–H groups in total. The number of carbonyl (C=O) groups is 1. The van der Waals surface area contributed by atoms with Crippen molar-refractivity contribution in [2.75, 3.05) is 72.1 Å². The highest BCUT2D eigenvalue weighted by Crippen LogP contribution is 2.22. The second-order valence-corrected chi connectivity index (χ2v) is 18.7. The molecule has 5 atom stereocenters. The lowest BCUT2D eigenvalue weighted by molar-refractivity contribution is -0.301. The topological polar surface area (TPSA) is 182 Å². The van der Waals surface area contributed by atoms with Crippen LogP contribution in [-0.4, -0.2) is 134 Å². The highest BCUT2D eigenvalue weighted by molar-refractivity contribution is 5.78. The molecule has 1 heterocycles.